The van der Waals surface area contributed by atoms with Crippen molar-refractivity contribution in [3.63, 3.8) is 0 Å². The van der Waals surface area contributed by atoms with Gasteiger partial charge in [-0.1, -0.05) is 15.9 Å². The van der Waals surface area contributed by atoms with Crippen LogP contribution in [0.5, 0.6) is 0 Å². The molecule has 0 spiro atoms. The summed E-state index contributed by atoms with van der Waals surface area (Å²) < 4.78 is 36.0. The Bertz CT molecular complexity index is 920. The molecule has 0 unspecified atom stereocenters. The Labute approximate surface area is 181 Å². The zero-order chi connectivity index (χ0) is 21.8. The number of nitrogens with zero attached hydrogens (tertiary/aromatic N) is 2. The molecule has 0 aliphatic heterocycles. The van der Waals surface area contributed by atoms with E-state index in [9.17, 15) is 13.4 Å². The van der Waals surface area contributed by atoms with Crippen LogP contribution in [0.25, 0.3) is 0 Å². The second kappa shape index (κ2) is 9.40. The molecule has 0 saturated heterocycles. The lowest BCUT2D eigenvalue weighted by atomic mass is 9.87. The van der Waals surface area contributed by atoms with Crippen LogP contribution >= 0.6 is 15.9 Å². The van der Waals surface area contributed by atoms with Crippen LogP contribution in [0.2, 0.25) is 0 Å². The fourth-order valence-corrected chi connectivity index (χ4v) is 3.93. The Balaban J connectivity index is 2.57. The van der Waals surface area contributed by atoms with Crippen LogP contribution in [0.15, 0.2) is 35.2 Å². The Morgan fingerprint density at radius 1 is 1.31 bits per heavy atom. The highest BCUT2D eigenvalue weighted by Crippen LogP contribution is 2.32. The van der Waals surface area contributed by atoms with Gasteiger partial charge in [-0.2, -0.15) is 0 Å². The molecule has 0 amide bonds. The summed E-state index contributed by atoms with van der Waals surface area (Å²) in [7, 11) is -1.51. The van der Waals surface area contributed by atoms with Crippen LogP contribution in [0.4, 0.5) is 4.39 Å². The molecular weight excluding hydrogens is 461 g/mol. The normalized spacial score (nSPS) is 14.9. The zero-order valence-electron chi connectivity index (χ0n) is 17.1. The van der Waals surface area contributed by atoms with E-state index < -0.39 is 33.1 Å². The van der Waals surface area contributed by atoms with Gasteiger partial charge in [0.25, 0.3) is 0 Å². The van der Waals surface area contributed by atoms with Crippen molar-refractivity contribution in [1.29, 1.82) is 0 Å². The van der Waals surface area contributed by atoms with Gasteiger partial charge in [0.1, 0.15) is 12.1 Å². The molecule has 1 aromatic heterocycles. The lowest BCUT2D eigenvalue weighted by Gasteiger charge is -2.34. The van der Waals surface area contributed by atoms with E-state index in [1.54, 1.807) is 26.0 Å². The average Bonchev–Trinajstić information content (AvgIpc) is 2.63. The summed E-state index contributed by atoms with van der Waals surface area (Å²) in [5.74, 6) is -1.02. The molecule has 1 heterocycles. The van der Waals surface area contributed by atoms with Crippen LogP contribution in [-0.2, 0) is 27.7 Å². The summed E-state index contributed by atoms with van der Waals surface area (Å²) in [5.41, 5.74) is -0.252. The predicted octanol–water partition coefficient (Wildman–Crippen LogP) is 4.06. The number of halogens is 2. The van der Waals surface area contributed by atoms with Gasteiger partial charge in [0, 0.05) is 22.7 Å². The average molecular weight is 486 g/mol. The van der Waals surface area contributed by atoms with Gasteiger partial charge in [-0.05, 0) is 52.8 Å². The minimum atomic E-state index is -1.51. The first-order valence-corrected chi connectivity index (χ1v) is 11.0. The van der Waals surface area contributed by atoms with E-state index in [4.69, 9.17) is 4.74 Å². The third-order valence-electron chi connectivity index (χ3n) is 4.21. The predicted molar refractivity (Wildman–Crippen MR) is 114 cm³/mol. The molecule has 158 valence electrons. The van der Waals surface area contributed by atoms with Crippen LogP contribution in [0, 0.1) is 5.82 Å². The van der Waals surface area contributed by atoms with Crippen molar-refractivity contribution in [3.05, 3.63) is 57.8 Å². The number of carbonyl (C=O) groups is 1. The van der Waals surface area contributed by atoms with Gasteiger partial charge in [-0.3, -0.25) is 0 Å². The quantitative estimate of drug-likeness (QED) is 0.597. The maximum atomic E-state index is 14.8. The molecule has 2 rings (SSSR count). The highest BCUT2D eigenvalue weighted by atomic mass is 79.9. The third-order valence-corrected chi connectivity index (χ3v) is 6.45. The number of rotatable bonds is 7. The minimum absolute atomic E-state index is 0.0961. The molecule has 2 aromatic rings. The number of aromatic nitrogens is 2. The molecule has 0 fully saturated rings. The van der Waals surface area contributed by atoms with Gasteiger partial charge >= 0.3 is 5.97 Å². The molecule has 0 aliphatic carbocycles. The van der Waals surface area contributed by atoms with Gasteiger partial charge < -0.3 is 4.74 Å². The lowest BCUT2D eigenvalue weighted by Crippen LogP contribution is -2.48. The maximum Gasteiger partial charge on any atom is 0.341 e. The van der Waals surface area contributed by atoms with E-state index >= 15 is 0 Å². The summed E-state index contributed by atoms with van der Waals surface area (Å²) in [6.07, 6.45) is 2.79. The van der Waals surface area contributed by atoms with E-state index in [1.165, 1.54) is 18.6 Å². The van der Waals surface area contributed by atoms with Crippen molar-refractivity contribution in [2.45, 2.75) is 51.3 Å². The van der Waals surface area contributed by atoms with Crippen LogP contribution in [0.1, 0.15) is 56.2 Å². The number of ether oxygens (including phenoxy) is 1. The zero-order valence-corrected chi connectivity index (χ0v) is 19.5. The summed E-state index contributed by atoms with van der Waals surface area (Å²) in [6.45, 7) is 9.11. The molecule has 6 nitrogen and oxygen atoms in total. The third kappa shape index (κ3) is 5.90. The molecule has 1 N–H and O–H groups in total. The van der Waals surface area contributed by atoms with Gasteiger partial charge in [0.15, 0.2) is 0 Å². The first kappa shape index (κ1) is 23.6. The monoisotopic (exact) mass is 485 g/mol. The maximum absolute atomic E-state index is 14.8. The van der Waals surface area contributed by atoms with Gasteiger partial charge in [0.05, 0.1) is 39.1 Å². The van der Waals surface area contributed by atoms with Crippen LogP contribution in [0.3, 0.4) is 0 Å². The van der Waals surface area contributed by atoms with Crippen LogP contribution in [-0.4, -0.2) is 31.5 Å². The number of esters is 1. The Morgan fingerprint density at radius 3 is 2.62 bits per heavy atom. The first-order valence-electron chi connectivity index (χ1n) is 9.09. The fraction of sp³-hybridized carbons (Fsp3) is 0.450. The van der Waals surface area contributed by atoms with E-state index in [-0.39, 0.29) is 18.6 Å². The van der Waals surface area contributed by atoms with E-state index in [1.807, 2.05) is 20.8 Å². The topological polar surface area (TPSA) is 81.2 Å². The largest absolute Gasteiger partial charge is 0.462 e. The molecule has 0 radical (unpaired) electrons. The molecule has 0 saturated carbocycles. The SMILES string of the molecule is CCOC(=O)c1cncnc1C[C@](C)(N[S@](=O)C(C)(C)C)c1cc(Br)ccc1F. The van der Waals surface area contributed by atoms with Gasteiger partial charge in [-0.25, -0.2) is 28.1 Å². The summed E-state index contributed by atoms with van der Waals surface area (Å²) in [6, 6.07) is 4.56. The van der Waals surface area contributed by atoms with Gasteiger partial charge in [-0.15, -0.1) is 0 Å². The van der Waals surface area contributed by atoms with Gasteiger partial charge in [0.2, 0.25) is 0 Å². The highest BCUT2D eigenvalue weighted by Gasteiger charge is 2.36. The second-order valence-corrected chi connectivity index (χ2v) is 10.6. The molecule has 2 atom stereocenters. The summed E-state index contributed by atoms with van der Waals surface area (Å²) in [4.78, 5) is 20.5. The summed E-state index contributed by atoms with van der Waals surface area (Å²) in [5, 5.41) is 0. The smallest absolute Gasteiger partial charge is 0.341 e. The van der Waals surface area contributed by atoms with Crippen molar-refractivity contribution >= 4 is 32.9 Å². The molecule has 1 aromatic carbocycles. The summed E-state index contributed by atoms with van der Waals surface area (Å²) >= 11 is 3.37. The lowest BCUT2D eigenvalue weighted by molar-refractivity contribution is 0.0523. The number of hydrogen-bond donors (Lipinski definition) is 1. The second-order valence-electron chi connectivity index (χ2n) is 7.72. The standard InChI is InChI=1S/C20H25BrFN3O3S/c1-6-28-18(26)14-11-23-12-24-17(14)10-20(5,25-29(27)19(2,3)4)15-9-13(21)7-8-16(15)22/h7-9,11-12,25H,6,10H2,1-5H3/t20-,29+/m0/s1. The number of benzene rings is 1. The highest BCUT2D eigenvalue weighted by molar-refractivity contribution is 9.10. The van der Waals surface area contributed by atoms with E-state index in [0.717, 1.165) is 0 Å². The molecule has 0 aliphatic rings. The molecular formula is C20H25BrFN3O3S. The number of nitrogens with one attached hydrogen (secondary N) is 1. The van der Waals surface area contributed by atoms with Crippen molar-refractivity contribution in [2.24, 2.45) is 0 Å². The van der Waals surface area contributed by atoms with E-state index in [2.05, 4.69) is 30.6 Å². The Hall–Kier alpha value is -1.71. The van der Waals surface area contributed by atoms with Crippen molar-refractivity contribution in [3.8, 4) is 0 Å². The minimum Gasteiger partial charge on any atom is -0.462 e. The Kier molecular flexibility index (Phi) is 7.64. The van der Waals surface area contributed by atoms with Crippen molar-refractivity contribution < 1.29 is 18.1 Å². The number of carbonyl (C=O) groups excluding carboxylic acids is 1. The van der Waals surface area contributed by atoms with Crippen molar-refractivity contribution in [2.75, 3.05) is 6.61 Å². The molecule has 0 bridgehead atoms. The first-order chi connectivity index (χ1) is 13.5. The fourth-order valence-electron chi connectivity index (χ4n) is 2.67. The van der Waals surface area contributed by atoms with Crippen molar-refractivity contribution in [1.82, 2.24) is 14.7 Å². The number of hydrogen-bond acceptors (Lipinski definition) is 5. The van der Waals surface area contributed by atoms with Crippen LogP contribution < -0.4 is 4.72 Å². The van der Waals surface area contributed by atoms with E-state index in [0.29, 0.717) is 15.7 Å². The molecule has 29 heavy (non-hydrogen) atoms. The molecule has 9 heteroatoms. The Morgan fingerprint density at radius 2 is 2.00 bits per heavy atom.